The first kappa shape index (κ1) is 11.9. The highest BCUT2D eigenvalue weighted by Gasteiger charge is 2.11. The molecule has 0 amide bonds. The number of nitrogens with zero attached hydrogens (tertiary/aromatic N) is 1. The van der Waals surface area contributed by atoms with Gasteiger partial charge in [0.25, 0.3) is 0 Å². The largest absolute Gasteiger partial charge is 0.494 e. The molecule has 0 fully saturated rings. The highest BCUT2D eigenvalue weighted by atomic mass is 32.1. The van der Waals surface area contributed by atoms with Gasteiger partial charge in [0, 0.05) is 6.42 Å². The van der Waals surface area contributed by atoms with E-state index in [4.69, 9.17) is 9.84 Å². The molecule has 17 heavy (non-hydrogen) atoms. The summed E-state index contributed by atoms with van der Waals surface area (Å²) in [6.45, 7) is 2.01. The predicted octanol–water partition coefficient (Wildman–Crippen LogP) is 2.63. The lowest BCUT2D eigenvalue weighted by Gasteiger charge is -2.01. The molecule has 90 valence electrons. The lowest BCUT2D eigenvalue weighted by Crippen LogP contribution is -1.96. The average Bonchev–Trinajstić information content (AvgIpc) is 2.72. The molecule has 0 aliphatic carbocycles. The van der Waals surface area contributed by atoms with Crippen LogP contribution in [0.4, 0.5) is 0 Å². The van der Waals surface area contributed by atoms with Gasteiger partial charge in [0.05, 0.1) is 23.2 Å². The van der Waals surface area contributed by atoms with Gasteiger partial charge in [0.2, 0.25) is 0 Å². The first-order chi connectivity index (χ1) is 8.11. The molecule has 1 N–H and O–H groups in total. The van der Waals surface area contributed by atoms with Gasteiger partial charge in [0.1, 0.15) is 11.3 Å². The maximum atomic E-state index is 10.5. The summed E-state index contributed by atoms with van der Waals surface area (Å²) in [5.74, 6) is -0.0589. The predicted molar refractivity (Wildman–Crippen MR) is 66.9 cm³/mol. The summed E-state index contributed by atoms with van der Waals surface area (Å²) in [7, 11) is 1.61. The molecule has 0 radical (unpaired) electrons. The summed E-state index contributed by atoms with van der Waals surface area (Å²) < 4.78 is 6.32. The minimum atomic E-state index is -0.798. The summed E-state index contributed by atoms with van der Waals surface area (Å²) in [5.41, 5.74) is 1.97. The quantitative estimate of drug-likeness (QED) is 0.907. The number of aliphatic carboxylic acids is 1. The zero-order chi connectivity index (χ0) is 12.4. The molecule has 0 aliphatic rings. The SMILES string of the molecule is COc1ccc(C)c2sc(CCC(=O)O)nc12. The molecule has 4 nitrogen and oxygen atoms in total. The van der Waals surface area contributed by atoms with E-state index >= 15 is 0 Å². The van der Waals surface area contributed by atoms with Crippen LogP contribution in [-0.2, 0) is 11.2 Å². The number of benzene rings is 1. The van der Waals surface area contributed by atoms with Crippen LogP contribution in [0.1, 0.15) is 17.0 Å². The van der Waals surface area contributed by atoms with Gasteiger partial charge >= 0.3 is 5.97 Å². The van der Waals surface area contributed by atoms with Crippen molar-refractivity contribution in [3.63, 3.8) is 0 Å². The van der Waals surface area contributed by atoms with Crippen molar-refractivity contribution in [2.24, 2.45) is 0 Å². The highest BCUT2D eigenvalue weighted by molar-refractivity contribution is 7.18. The second kappa shape index (κ2) is 4.71. The standard InChI is InChI=1S/C12H13NO3S/c1-7-3-4-8(16-2)11-12(7)17-9(13-11)5-6-10(14)15/h3-4H,5-6H2,1-2H3,(H,14,15). The van der Waals surface area contributed by atoms with Crippen molar-refractivity contribution in [2.75, 3.05) is 7.11 Å². The number of carbonyl (C=O) groups is 1. The number of hydrogen-bond acceptors (Lipinski definition) is 4. The molecule has 0 spiro atoms. The molecule has 0 aliphatic heterocycles. The van der Waals surface area contributed by atoms with Crippen LogP contribution in [0.5, 0.6) is 5.75 Å². The number of carboxylic acid groups (broad SMARTS) is 1. The van der Waals surface area contributed by atoms with Crippen LogP contribution >= 0.6 is 11.3 Å². The number of thiazole rings is 1. The number of hydrogen-bond donors (Lipinski definition) is 1. The number of aromatic nitrogens is 1. The second-order valence-electron chi connectivity index (χ2n) is 3.76. The summed E-state index contributed by atoms with van der Waals surface area (Å²) in [5, 5.41) is 9.50. The number of methoxy groups -OCH3 is 1. The Hall–Kier alpha value is -1.62. The number of rotatable bonds is 4. The average molecular weight is 251 g/mol. The van der Waals surface area contributed by atoms with Crippen LogP contribution in [-0.4, -0.2) is 23.2 Å². The summed E-state index contributed by atoms with van der Waals surface area (Å²) in [4.78, 5) is 15.0. The van der Waals surface area contributed by atoms with Gasteiger partial charge in [0.15, 0.2) is 0 Å². The Morgan fingerprint density at radius 1 is 1.53 bits per heavy atom. The molecule has 0 saturated heterocycles. The maximum Gasteiger partial charge on any atom is 0.303 e. The fraction of sp³-hybridized carbons (Fsp3) is 0.333. The van der Waals surface area contributed by atoms with Crippen LogP contribution < -0.4 is 4.74 Å². The molecule has 2 rings (SSSR count). The molecular weight excluding hydrogens is 238 g/mol. The van der Waals surface area contributed by atoms with Crippen molar-refractivity contribution in [3.05, 3.63) is 22.7 Å². The number of aryl methyl sites for hydroxylation is 2. The van der Waals surface area contributed by atoms with Crippen molar-refractivity contribution >= 4 is 27.5 Å². The van der Waals surface area contributed by atoms with Crippen molar-refractivity contribution in [1.82, 2.24) is 4.98 Å². The first-order valence-corrected chi connectivity index (χ1v) is 6.08. The van der Waals surface area contributed by atoms with Gasteiger partial charge in [-0.2, -0.15) is 0 Å². The Labute approximate surface area is 103 Å². The number of carboxylic acids is 1. The normalized spacial score (nSPS) is 10.7. The van der Waals surface area contributed by atoms with Crippen LogP contribution in [0.3, 0.4) is 0 Å². The van der Waals surface area contributed by atoms with Gasteiger partial charge in [-0.05, 0) is 18.6 Å². The maximum absolute atomic E-state index is 10.5. The lowest BCUT2D eigenvalue weighted by atomic mass is 10.2. The molecule has 1 heterocycles. The molecule has 2 aromatic rings. The van der Waals surface area contributed by atoms with Crippen molar-refractivity contribution < 1.29 is 14.6 Å². The number of ether oxygens (including phenoxy) is 1. The lowest BCUT2D eigenvalue weighted by molar-refractivity contribution is -0.136. The Bertz CT molecular complexity index is 562. The Morgan fingerprint density at radius 3 is 2.94 bits per heavy atom. The molecule has 0 atom stereocenters. The highest BCUT2D eigenvalue weighted by Crippen LogP contribution is 2.32. The van der Waals surface area contributed by atoms with Crippen LogP contribution in [0.2, 0.25) is 0 Å². The second-order valence-corrected chi connectivity index (χ2v) is 4.85. The van der Waals surface area contributed by atoms with Crippen LogP contribution in [0.15, 0.2) is 12.1 Å². The summed E-state index contributed by atoms with van der Waals surface area (Å²) in [6, 6.07) is 3.87. The third kappa shape index (κ3) is 2.39. The van der Waals surface area contributed by atoms with E-state index in [1.54, 1.807) is 18.4 Å². The number of fused-ring (bicyclic) bond motifs is 1. The third-order valence-electron chi connectivity index (χ3n) is 2.52. The molecule has 0 bridgehead atoms. The van der Waals surface area contributed by atoms with E-state index in [2.05, 4.69) is 4.98 Å². The zero-order valence-electron chi connectivity index (χ0n) is 9.69. The molecule has 0 unspecified atom stereocenters. The Morgan fingerprint density at radius 2 is 2.29 bits per heavy atom. The topological polar surface area (TPSA) is 59.4 Å². The van der Waals surface area contributed by atoms with Gasteiger partial charge in [-0.15, -0.1) is 11.3 Å². The smallest absolute Gasteiger partial charge is 0.303 e. The molecule has 1 aromatic carbocycles. The van der Waals surface area contributed by atoms with E-state index in [0.29, 0.717) is 6.42 Å². The fourth-order valence-electron chi connectivity index (χ4n) is 1.64. The van der Waals surface area contributed by atoms with Crippen molar-refractivity contribution in [1.29, 1.82) is 0 Å². The van der Waals surface area contributed by atoms with E-state index in [9.17, 15) is 4.79 Å². The Balaban J connectivity index is 2.41. The molecular formula is C12H13NO3S. The van der Waals surface area contributed by atoms with Gasteiger partial charge in [-0.1, -0.05) is 6.07 Å². The van der Waals surface area contributed by atoms with Gasteiger partial charge < -0.3 is 9.84 Å². The third-order valence-corrected chi connectivity index (χ3v) is 3.77. The van der Waals surface area contributed by atoms with Gasteiger partial charge in [-0.25, -0.2) is 4.98 Å². The van der Waals surface area contributed by atoms with Crippen LogP contribution in [0, 0.1) is 6.92 Å². The van der Waals surface area contributed by atoms with E-state index < -0.39 is 5.97 Å². The summed E-state index contributed by atoms with van der Waals surface area (Å²) >= 11 is 1.54. The first-order valence-electron chi connectivity index (χ1n) is 5.26. The van der Waals surface area contributed by atoms with Crippen molar-refractivity contribution in [3.8, 4) is 5.75 Å². The van der Waals surface area contributed by atoms with Crippen molar-refractivity contribution in [2.45, 2.75) is 19.8 Å². The van der Waals surface area contributed by atoms with Gasteiger partial charge in [-0.3, -0.25) is 4.79 Å². The minimum Gasteiger partial charge on any atom is -0.494 e. The van der Waals surface area contributed by atoms with E-state index in [1.165, 1.54) is 0 Å². The molecule has 0 saturated carbocycles. The molecule has 1 aromatic heterocycles. The van der Waals surface area contributed by atoms with E-state index in [1.807, 2.05) is 19.1 Å². The Kier molecular flexibility index (Phi) is 3.28. The summed E-state index contributed by atoms with van der Waals surface area (Å²) in [6.07, 6.45) is 0.582. The molecule has 5 heteroatoms. The zero-order valence-corrected chi connectivity index (χ0v) is 10.5. The minimum absolute atomic E-state index is 0.112. The fourth-order valence-corrected chi connectivity index (χ4v) is 2.69. The van der Waals surface area contributed by atoms with E-state index in [-0.39, 0.29) is 6.42 Å². The van der Waals surface area contributed by atoms with Crippen LogP contribution in [0.25, 0.3) is 10.2 Å². The van der Waals surface area contributed by atoms with E-state index in [0.717, 1.165) is 26.5 Å². The monoisotopic (exact) mass is 251 g/mol.